The van der Waals surface area contributed by atoms with E-state index in [9.17, 15) is 9.18 Å². The maximum absolute atomic E-state index is 13.6. The summed E-state index contributed by atoms with van der Waals surface area (Å²) < 4.78 is 19.3. The average Bonchev–Trinajstić information content (AvgIpc) is 2.68. The third kappa shape index (κ3) is 2.62. The van der Waals surface area contributed by atoms with Crippen molar-refractivity contribution in [1.29, 1.82) is 0 Å². The second-order valence-corrected chi connectivity index (χ2v) is 5.27. The highest BCUT2D eigenvalue weighted by Gasteiger charge is 2.33. The lowest BCUT2D eigenvalue weighted by Crippen LogP contribution is -2.41. The van der Waals surface area contributed by atoms with Crippen molar-refractivity contribution in [3.05, 3.63) is 35.1 Å². The smallest absolute Gasteiger partial charge is 0.338 e. The summed E-state index contributed by atoms with van der Waals surface area (Å²) in [5.74, 6) is -1.89. The van der Waals surface area contributed by atoms with Crippen LogP contribution in [0, 0.1) is 5.82 Å². The number of ether oxygens (including phenoxy) is 1. The van der Waals surface area contributed by atoms with Crippen LogP contribution in [0.5, 0.6) is 0 Å². The van der Waals surface area contributed by atoms with Crippen LogP contribution in [0.25, 0.3) is 0 Å². The Balaban J connectivity index is 1.70. The maximum Gasteiger partial charge on any atom is 0.338 e. The monoisotopic (exact) mass is 265 g/mol. The number of hydrogen-bond donors (Lipinski definition) is 1. The zero-order chi connectivity index (χ0) is 13.4. The van der Waals surface area contributed by atoms with Crippen LogP contribution in [0.4, 0.5) is 4.39 Å². The van der Waals surface area contributed by atoms with E-state index < -0.39 is 11.8 Å². The Morgan fingerprint density at radius 3 is 2.63 bits per heavy atom. The van der Waals surface area contributed by atoms with Crippen LogP contribution < -0.4 is 0 Å². The highest BCUT2D eigenvalue weighted by Crippen LogP contribution is 2.27. The van der Waals surface area contributed by atoms with Gasteiger partial charge in [0.1, 0.15) is 5.82 Å². The van der Waals surface area contributed by atoms with Crippen LogP contribution in [-0.2, 0) is 11.3 Å². The molecule has 2 saturated heterocycles. The topological polar surface area (TPSA) is 49.8 Å². The Morgan fingerprint density at radius 2 is 2.05 bits per heavy atom. The quantitative estimate of drug-likeness (QED) is 0.906. The number of likely N-dealkylation sites (tertiary alicyclic amines) is 1. The highest BCUT2D eigenvalue weighted by molar-refractivity contribution is 5.87. The van der Waals surface area contributed by atoms with Gasteiger partial charge in [-0.15, -0.1) is 0 Å². The summed E-state index contributed by atoms with van der Waals surface area (Å²) in [4.78, 5) is 13.0. The fourth-order valence-corrected chi connectivity index (χ4v) is 2.92. The molecule has 2 unspecified atom stereocenters. The molecule has 2 bridgehead atoms. The van der Waals surface area contributed by atoms with Crippen molar-refractivity contribution < 1.29 is 19.0 Å². The SMILES string of the molecule is O=C(O)c1ccc(CN2CC3CCC(C2)O3)cc1F. The molecule has 2 atom stereocenters. The van der Waals surface area contributed by atoms with Gasteiger partial charge in [-0.05, 0) is 30.5 Å². The molecule has 0 aromatic heterocycles. The van der Waals surface area contributed by atoms with Gasteiger partial charge < -0.3 is 9.84 Å². The van der Waals surface area contributed by atoms with E-state index in [1.807, 2.05) is 0 Å². The van der Waals surface area contributed by atoms with Gasteiger partial charge in [0, 0.05) is 19.6 Å². The van der Waals surface area contributed by atoms with E-state index in [4.69, 9.17) is 9.84 Å². The van der Waals surface area contributed by atoms with Crippen LogP contribution in [0.15, 0.2) is 18.2 Å². The van der Waals surface area contributed by atoms with Crippen molar-refractivity contribution in [2.24, 2.45) is 0 Å². The van der Waals surface area contributed by atoms with Gasteiger partial charge in [0.25, 0.3) is 0 Å². The maximum atomic E-state index is 13.6. The fourth-order valence-electron chi connectivity index (χ4n) is 2.92. The molecule has 0 amide bonds. The summed E-state index contributed by atoms with van der Waals surface area (Å²) in [6, 6.07) is 4.34. The summed E-state index contributed by atoms with van der Waals surface area (Å²) in [6.07, 6.45) is 2.82. The number of fused-ring (bicyclic) bond motifs is 2. The molecule has 0 spiro atoms. The standard InChI is InChI=1S/C14H16FNO3/c15-13-5-9(1-4-12(13)14(17)18)6-16-7-10-2-3-11(8-16)19-10/h1,4-5,10-11H,2-3,6-8H2,(H,17,18). The van der Waals surface area contributed by atoms with Crippen LogP contribution >= 0.6 is 0 Å². The Labute approximate surface area is 110 Å². The molecule has 1 N–H and O–H groups in total. The van der Waals surface area contributed by atoms with Crippen molar-refractivity contribution in [1.82, 2.24) is 4.90 Å². The minimum absolute atomic E-state index is 0.272. The number of halogens is 1. The zero-order valence-corrected chi connectivity index (χ0v) is 10.5. The van der Waals surface area contributed by atoms with Gasteiger partial charge >= 0.3 is 5.97 Å². The minimum atomic E-state index is -1.23. The normalized spacial score (nSPS) is 26.6. The molecule has 0 aliphatic carbocycles. The number of nitrogens with zero attached hydrogens (tertiary/aromatic N) is 1. The van der Waals surface area contributed by atoms with E-state index >= 15 is 0 Å². The molecule has 1 aromatic rings. The molecule has 2 aliphatic heterocycles. The molecule has 4 nitrogen and oxygen atoms in total. The predicted octanol–water partition coefficient (Wildman–Crippen LogP) is 1.89. The summed E-state index contributed by atoms with van der Waals surface area (Å²) in [5.41, 5.74) is 0.537. The fraction of sp³-hybridized carbons (Fsp3) is 0.500. The van der Waals surface area contributed by atoms with Crippen molar-refractivity contribution in [2.45, 2.75) is 31.6 Å². The van der Waals surface area contributed by atoms with E-state index in [0.29, 0.717) is 18.8 Å². The number of aromatic carboxylic acids is 1. The largest absolute Gasteiger partial charge is 0.478 e. The highest BCUT2D eigenvalue weighted by atomic mass is 19.1. The second kappa shape index (κ2) is 4.90. The van der Waals surface area contributed by atoms with Gasteiger partial charge in [-0.2, -0.15) is 0 Å². The van der Waals surface area contributed by atoms with Gasteiger partial charge in [0.2, 0.25) is 0 Å². The lowest BCUT2D eigenvalue weighted by Gasteiger charge is -2.32. The molecule has 3 rings (SSSR count). The third-order valence-corrected chi connectivity index (χ3v) is 3.79. The first-order chi connectivity index (χ1) is 9.11. The minimum Gasteiger partial charge on any atom is -0.478 e. The van der Waals surface area contributed by atoms with Gasteiger partial charge in [-0.3, -0.25) is 4.90 Å². The van der Waals surface area contributed by atoms with E-state index in [0.717, 1.165) is 31.5 Å². The number of morpholine rings is 1. The van der Waals surface area contributed by atoms with E-state index in [2.05, 4.69) is 4.90 Å². The molecule has 0 radical (unpaired) electrons. The number of benzene rings is 1. The van der Waals surface area contributed by atoms with Gasteiger partial charge in [-0.1, -0.05) is 6.07 Å². The average molecular weight is 265 g/mol. The van der Waals surface area contributed by atoms with Crippen LogP contribution in [0.3, 0.4) is 0 Å². The van der Waals surface area contributed by atoms with Gasteiger partial charge in [0.15, 0.2) is 0 Å². The number of hydrogen-bond acceptors (Lipinski definition) is 3. The summed E-state index contributed by atoms with van der Waals surface area (Å²) in [6.45, 7) is 2.39. The number of carboxylic acid groups (broad SMARTS) is 1. The molecule has 0 saturated carbocycles. The first-order valence-electron chi connectivity index (χ1n) is 6.51. The summed E-state index contributed by atoms with van der Waals surface area (Å²) >= 11 is 0. The Hall–Kier alpha value is -1.46. The summed E-state index contributed by atoms with van der Waals surface area (Å²) in [7, 11) is 0. The van der Waals surface area contributed by atoms with Crippen LogP contribution in [-0.4, -0.2) is 41.3 Å². The first-order valence-corrected chi connectivity index (χ1v) is 6.51. The number of rotatable bonds is 3. The molecule has 5 heteroatoms. The second-order valence-electron chi connectivity index (χ2n) is 5.27. The lowest BCUT2D eigenvalue weighted by molar-refractivity contribution is -0.0410. The molecular formula is C14H16FNO3. The van der Waals surface area contributed by atoms with E-state index in [1.165, 1.54) is 12.1 Å². The number of carbonyl (C=O) groups is 1. The third-order valence-electron chi connectivity index (χ3n) is 3.79. The van der Waals surface area contributed by atoms with Crippen LogP contribution in [0.2, 0.25) is 0 Å². The van der Waals surface area contributed by atoms with E-state index in [1.54, 1.807) is 6.07 Å². The molecule has 2 aliphatic rings. The molecule has 2 fully saturated rings. The van der Waals surface area contributed by atoms with Crippen molar-refractivity contribution in [2.75, 3.05) is 13.1 Å². The predicted molar refractivity (Wildman–Crippen MR) is 66.5 cm³/mol. The van der Waals surface area contributed by atoms with Crippen molar-refractivity contribution in [3.8, 4) is 0 Å². The van der Waals surface area contributed by atoms with Gasteiger partial charge in [0.05, 0.1) is 17.8 Å². The Kier molecular flexibility index (Phi) is 3.24. The van der Waals surface area contributed by atoms with E-state index in [-0.39, 0.29) is 5.56 Å². The first kappa shape index (κ1) is 12.6. The van der Waals surface area contributed by atoms with Crippen LogP contribution in [0.1, 0.15) is 28.8 Å². The molecule has 19 heavy (non-hydrogen) atoms. The summed E-state index contributed by atoms with van der Waals surface area (Å²) in [5, 5.41) is 8.79. The zero-order valence-electron chi connectivity index (χ0n) is 10.5. The molecule has 2 heterocycles. The molecule has 102 valence electrons. The van der Waals surface area contributed by atoms with Gasteiger partial charge in [-0.25, -0.2) is 9.18 Å². The molecule has 1 aromatic carbocycles. The van der Waals surface area contributed by atoms with Crippen molar-refractivity contribution >= 4 is 5.97 Å². The number of carboxylic acids is 1. The Morgan fingerprint density at radius 1 is 1.37 bits per heavy atom. The Bertz CT molecular complexity index is 493. The lowest BCUT2D eigenvalue weighted by atomic mass is 10.1. The molecular weight excluding hydrogens is 249 g/mol. The van der Waals surface area contributed by atoms with Crippen molar-refractivity contribution in [3.63, 3.8) is 0 Å².